The highest BCUT2D eigenvalue weighted by Crippen LogP contribution is 2.14. The quantitative estimate of drug-likeness (QED) is 0.789. The van der Waals surface area contributed by atoms with Gasteiger partial charge in [-0.2, -0.15) is 5.10 Å². The maximum absolute atomic E-state index is 11.8. The molecular formula is C14H13BrN2O4. The Morgan fingerprint density at radius 1 is 1.14 bits per heavy atom. The highest BCUT2D eigenvalue weighted by molar-refractivity contribution is 9.10. The fourth-order valence-electron chi connectivity index (χ4n) is 1.77. The van der Waals surface area contributed by atoms with Gasteiger partial charge in [0.1, 0.15) is 5.69 Å². The minimum atomic E-state index is -0.602. The van der Waals surface area contributed by atoms with Gasteiger partial charge in [-0.15, -0.1) is 0 Å². The van der Waals surface area contributed by atoms with Crippen LogP contribution in [-0.4, -0.2) is 35.9 Å². The Labute approximate surface area is 129 Å². The summed E-state index contributed by atoms with van der Waals surface area (Å²) < 4.78 is 11.7. The SMILES string of the molecule is COC(=O)c1cc(C(=O)OC)n(Cc2ccc(Br)cc2)n1. The van der Waals surface area contributed by atoms with Crippen molar-refractivity contribution in [3.8, 4) is 0 Å². The van der Waals surface area contributed by atoms with Crippen molar-refractivity contribution in [2.24, 2.45) is 0 Å². The predicted octanol–water partition coefficient (Wildman–Crippen LogP) is 2.27. The van der Waals surface area contributed by atoms with Gasteiger partial charge in [-0.1, -0.05) is 28.1 Å². The molecule has 0 spiro atoms. The Kier molecular flexibility index (Phi) is 4.74. The molecule has 2 aromatic rings. The Balaban J connectivity index is 2.36. The van der Waals surface area contributed by atoms with Crippen LogP contribution in [0.25, 0.3) is 0 Å². The molecule has 0 bridgehead atoms. The van der Waals surface area contributed by atoms with E-state index in [9.17, 15) is 9.59 Å². The fourth-order valence-corrected chi connectivity index (χ4v) is 2.04. The molecule has 0 fully saturated rings. The second-order valence-electron chi connectivity index (χ2n) is 4.18. The third-order valence-corrected chi connectivity index (χ3v) is 3.34. The molecular weight excluding hydrogens is 340 g/mol. The number of halogens is 1. The van der Waals surface area contributed by atoms with Crippen LogP contribution in [0.3, 0.4) is 0 Å². The second-order valence-corrected chi connectivity index (χ2v) is 5.10. The van der Waals surface area contributed by atoms with Crippen molar-refractivity contribution in [1.82, 2.24) is 9.78 Å². The minimum absolute atomic E-state index is 0.0648. The second kappa shape index (κ2) is 6.53. The number of methoxy groups -OCH3 is 2. The maximum atomic E-state index is 11.8. The van der Waals surface area contributed by atoms with Crippen molar-refractivity contribution < 1.29 is 19.1 Å². The monoisotopic (exact) mass is 352 g/mol. The molecule has 2 rings (SSSR count). The van der Waals surface area contributed by atoms with E-state index in [-0.39, 0.29) is 11.4 Å². The number of nitrogens with zero attached hydrogens (tertiary/aromatic N) is 2. The van der Waals surface area contributed by atoms with Crippen LogP contribution in [-0.2, 0) is 16.0 Å². The fraction of sp³-hybridized carbons (Fsp3) is 0.214. The number of benzene rings is 1. The number of carbonyl (C=O) groups excluding carboxylic acids is 2. The first-order valence-corrected chi connectivity index (χ1v) is 6.83. The number of ether oxygens (including phenoxy) is 2. The summed E-state index contributed by atoms with van der Waals surface area (Å²) in [7, 11) is 2.53. The highest BCUT2D eigenvalue weighted by atomic mass is 79.9. The van der Waals surface area contributed by atoms with Crippen LogP contribution >= 0.6 is 15.9 Å². The van der Waals surface area contributed by atoms with E-state index in [1.807, 2.05) is 24.3 Å². The molecule has 0 aliphatic rings. The summed E-state index contributed by atoms with van der Waals surface area (Å²) in [6, 6.07) is 8.92. The first kappa shape index (κ1) is 15.2. The molecule has 1 aromatic heterocycles. The number of carbonyl (C=O) groups is 2. The van der Waals surface area contributed by atoms with Gasteiger partial charge in [0.25, 0.3) is 0 Å². The van der Waals surface area contributed by atoms with Crippen LogP contribution in [0.2, 0.25) is 0 Å². The molecule has 0 N–H and O–H groups in total. The summed E-state index contributed by atoms with van der Waals surface area (Å²) in [5.74, 6) is -1.16. The third kappa shape index (κ3) is 3.49. The summed E-state index contributed by atoms with van der Waals surface area (Å²) in [6.07, 6.45) is 0. The zero-order valence-corrected chi connectivity index (χ0v) is 13.1. The lowest BCUT2D eigenvalue weighted by Crippen LogP contribution is -2.13. The number of hydrogen-bond donors (Lipinski definition) is 0. The van der Waals surface area contributed by atoms with Gasteiger partial charge in [-0.25, -0.2) is 9.59 Å². The van der Waals surface area contributed by atoms with Crippen molar-refractivity contribution in [3.63, 3.8) is 0 Å². The molecule has 21 heavy (non-hydrogen) atoms. The van der Waals surface area contributed by atoms with Gasteiger partial charge in [-0.05, 0) is 17.7 Å². The van der Waals surface area contributed by atoms with E-state index in [0.29, 0.717) is 6.54 Å². The summed E-state index contributed by atoms with van der Waals surface area (Å²) in [5, 5.41) is 4.10. The van der Waals surface area contributed by atoms with E-state index in [0.717, 1.165) is 10.0 Å². The number of hydrogen-bond acceptors (Lipinski definition) is 5. The predicted molar refractivity (Wildman–Crippen MR) is 78.2 cm³/mol. The normalized spacial score (nSPS) is 10.2. The number of rotatable bonds is 4. The van der Waals surface area contributed by atoms with Crippen molar-refractivity contribution in [3.05, 3.63) is 51.8 Å². The highest BCUT2D eigenvalue weighted by Gasteiger charge is 2.20. The summed E-state index contributed by atoms with van der Waals surface area (Å²) in [6.45, 7) is 0.342. The topological polar surface area (TPSA) is 70.4 Å². The molecule has 0 saturated heterocycles. The molecule has 0 aliphatic carbocycles. The van der Waals surface area contributed by atoms with Gasteiger partial charge in [-0.3, -0.25) is 4.68 Å². The lowest BCUT2D eigenvalue weighted by molar-refractivity contribution is 0.0581. The van der Waals surface area contributed by atoms with Gasteiger partial charge >= 0.3 is 11.9 Å². The Bertz CT molecular complexity index is 664. The molecule has 1 aromatic carbocycles. The number of aromatic nitrogens is 2. The first-order chi connectivity index (χ1) is 10.0. The summed E-state index contributed by atoms with van der Waals surface area (Å²) in [5.41, 5.74) is 1.19. The van der Waals surface area contributed by atoms with Gasteiger partial charge in [0, 0.05) is 10.5 Å². The molecule has 110 valence electrons. The average molecular weight is 353 g/mol. The molecule has 1 heterocycles. The van der Waals surface area contributed by atoms with E-state index < -0.39 is 11.9 Å². The van der Waals surface area contributed by atoms with E-state index in [1.165, 1.54) is 25.0 Å². The van der Waals surface area contributed by atoms with Crippen LogP contribution in [0.1, 0.15) is 26.5 Å². The van der Waals surface area contributed by atoms with Crippen LogP contribution < -0.4 is 0 Å². The molecule has 0 saturated carbocycles. The van der Waals surface area contributed by atoms with E-state index in [4.69, 9.17) is 4.74 Å². The third-order valence-electron chi connectivity index (χ3n) is 2.81. The van der Waals surface area contributed by atoms with Gasteiger partial charge in [0.05, 0.1) is 20.8 Å². The van der Waals surface area contributed by atoms with Crippen molar-refractivity contribution in [1.29, 1.82) is 0 Å². The summed E-state index contributed by atoms with van der Waals surface area (Å²) in [4.78, 5) is 23.3. The Morgan fingerprint density at radius 3 is 2.33 bits per heavy atom. The van der Waals surface area contributed by atoms with Crippen LogP contribution in [0.4, 0.5) is 0 Å². The molecule has 6 nitrogen and oxygen atoms in total. The van der Waals surface area contributed by atoms with E-state index >= 15 is 0 Å². The first-order valence-electron chi connectivity index (χ1n) is 6.04. The van der Waals surface area contributed by atoms with Crippen molar-refractivity contribution >= 4 is 27.9 Å². The maximum Gasteiger partial charge on any atom is 0.358 e. The number of esters is 2. The van der Waals surface area contributed by atoms with Crippen LogP contribution in [0, 0.1) is 0 Å². The average Bonchev–Trinajstić information content (AvgIpc) is 2.92. The smallest absolute Gasteiger partial charge is 0.358 e. The van der Waals surface area contributed by atoms with Gasteiger partial charge < -0.3 is 9.47 Å². The van der Waals surface area contributed by atoms with E-state index in [1.54, 1.807) is 0 Å². The zero-order valence-electron chi connectivity index (χ0n) is 11.5. The standard InChI is InChI=1S/C14H13BrN2O4/c1-20-13(18)11-7-12(14(19)21-2)17(16-11)8-9-3-5-10(15)6-4-9/h3-7H,8H2,1-2H3. The van der Waals surface area contributed by atoms with Crippen LogP contribution in [0.15, 0.2) is 34.8 Å². The van der Waals surface area contributed by atoms with Crippen LogP contribution in [0.5, 0.6) is 0 Å². The lowest BCUT2D eigenvalue weighted by Gasteiger charge is -2.06. The Hall–Kier alpha value is -2.15. The summed E-state index contributed by atoms with van der Waals surface area (Å²) >= 11 is 3.35. The molecule has 0 unspecified atom stereocenters. The molecule has 0 atom stereocenters. The van der Waals surface area contributed by atoms with Crippen molar-refractivity contribution in [2.45, 2.75) is 6.54 Å². The Morgan fingerprint density at radius 2 is 1.76 bits per heavy atom. The zero-order chi connectivity index (χ0) is 15.4. The minimum Gasteiger partial charge on any atom is -0.464 e. The van der Waals surface area contributed by atoms with Gasteiger partial charge in [0.2, 0.25) is 0 Å². The molecule has 0 radical (unpaired) electrons. The largest absolute Gasteiger partial charge is 0.464 e. The van der Waals surface area contributed by atoms with E-state index in [2.05, 4.69) is 25.8 Å². The lowest BCUT2D eigenvalue weighted by atomic mass is 10.2. The molecule has 0 amide bonds. The molecule has 0 aliphatic heterocycles. The van der Waals surface area contributed by atoms with Crippen molar-refractivity contribution in [2.75, 3.05) is 14.2 Å². The van der Waals surface area contributed by atoms with Gasteiger partial charge in [0.15, 0.2) is 5.69 Å². The molecule has 7 heteroatoms.